The zero-order chi connectivity index (χ0) is 23.1. The number of carbonyl (C=O) groups is 3. The average molecular weight is 469 g/mol. The Morgan fingerprint density at radius 3 is 2.32 bits per heavy atom. The van der Waals surface area contributed by atoms with Crippen LogP contribution in [0.3, 0.4) is 0 Å². The van der Waals surface area contributed by atoms with E-state index in [2.05, 4.69) is 15.5 Å². The van der Waals surface area contributed by atoms with Crippen LogP contribution < -0.4 is 5.32 Å². The van der Waals surface area contributed by atoms with E-state index in [0.717, 1.165) is 23.6 Å². The summed E-state index contributed by atoms with van der Waals surface area (Å²) in [5.74, 6) is -0.536. The highest BCUT2D eigenvalue weighted by atomic mass is 32.2. The number of thioether (sulfide) groups is 1. The first-order valence-electron chi connectivity index (χ1n) is 10.1. The first-order valence-corrected chi connectivity index (χ1v) is 11.9. The maximum Gasteiger partial charge on any atom is 0.348 e. The van der Waals surface area contributed by atoms with Gasteiger partial charge in [-0.05, 0) is 40.2 Å². The Labute approximate surface area is 189 Å². The number of nitrogens with zero attached hydrogens (tertiary/aromatic N) is 3. The van der Waals surface area contributed by atoms with Crippen LogP contribution in [0.1, 0.15) is 72.1 Å². The second-order valence-corrected chi connectivity index (χ2v) is 8.72. The van der Waals surface area contributed by atoms with Crippen molar-refractivity contribution in [1.82, 2.24) is 14.8 Å². The zero-order valence-corrected chi connectivity index (χ0v) is 20.2. The van der Waals surface area contributed by atoms with Gasteiger partial charge in [-0.25, -0.2) is 9.59 Å². The van der Waals surface area contributed by atoms with Gasteiger partial charge in [0.25, 0.3) is 0 Å². The van der Waals surface area contributed by atoms with Gasteiger partial charge in [0.2, 0.25) is 5.91 Å². The first kappa shape index (κ1) is 24.9. The van der Waals surface area contributed by atoms with E-state index in [1.807, 2.05) is 25.3 Å². The number of hydrogen-bond donors (Lipinski definition) is 1. The van der Waals surface area contributed by atoms with Gasteiger partial charge in [0, 0.05) is 12.5 Å². The summed E-state index contributed by atoms with van der Waals surface area (Å²) in [6.45, 7) is 11.5. The minimum absolute atomic E-state index is 0.0719. The number of carbonyl (C=O) groups excluding carboxylic acids is 3. The molecule has 0 aliphatic heterocycles. The summed E-state index contributed by atoms with van der Waals surface area (Å²) < 4.78 is 12.2. The van der Waals surface area contributed by atoms with E-state index in [0.29, 0.717) is 10.7 Å². The van der Waals surface area contributed by atoms with Crippen LogP contribution in [0.5, 0.6) is 0 Å². The molecular weight excluding hydrogens is 440 g/mol. The smallest absolute Gasteiger partial charge is 0.348 e. The average Bonchev–Trinajstić information content (AvgIpc) is 3.27. The number of esters is 2. The molecule has 1 N–H and O–H groups in total. The van der Waals surface area contributed by atoms with E-state index >= 15 is 0 Å². The monoisotopic (exact) mass is 468 g/mol. The number of nitrogens with one attached hydrogen (secondary N) is 1. The summed E-state index contributed by atoms with van der Waals surface area (Å²) in [6, 6.07) is 0.165. The van der Waals surface area contributed by atoms with Gasteiger partial charge >= 0.3 is 11.9 Å². The van der Waals surface area contributed by atoms with Gasteiger partial charge < -0.3 is 19.4 Å². The van der Waals surface area contributed by atoms with Crippen molar-refractivity contribution in [2.24, 2.45) is 0 Å². The Morgan fingerprint density at radius 2 is 1.74 bits per heavy atom. The Balaban J connectivity index is 2.22. The highest BCUT2D eigenvalue weighted by Crippen LogP contribution is 2.34. The Morgan fingerprint density at radius 1 is 1.10 bits per heavy atom. The van der Waals surface area contributed by atoms with Crippen LogP contribution in [0.4, 0.5) is 5.00 Å². The molecule has 0 radical (unpaired) electrons. The van der Waals surface area contributed by atoms with E-state index in [-0.39, 0.29) is 46.4 Å². The summed E-state index contributed by atoms with van der Waals surface area (Å²) >= 11 is 2.27. The highest BCUT2D eigenvalue weighted by molar-refractivity contribution is 7.99. The second-order valence-electron chi connectivity index (χ2n) is 6.75. The molecule has 0 bridgehead atoms. The summed E-state index contributed by atoms with van der Waals surface area (Å²) in [6.07, 6.45) is 0.742. The standard InChI is InChI=1S/C20H28N4O5S2/c1-7-13-22-23-20(24(13)11(4)5)30-10-14(25)21-17-15(18(26)28-8-2)12(6)16(31-17)19(27)29-9-3/h11H,7-10H2,1-6H3,(H,21,25). The number of amides is 1. The number of hydrogen-bond acceptors (Lipinski definition) is 9. The molecule has 2 aromatic rings. The largest absolute Gasteiger partial charge is 0.462 e. The zero-order valence-electron chi connectivity index (χ0n) is 18.6. The maximum absolute atomic E-state index is 12.6. The summed E-state index contributed by atoms with van der Waals surface area (Å²) in [5.41, 5.74) is 0.601. The molecule has 0 saturated heterocycles. The van der Waals surface area contributed by atoms with Gasteiger partial charge in [-0.2, -0.15) is 0 Å². The molecule has 170 valence electrons. The number of anilines is 1. The molecule has 0 fully saturated rings. The van der Waals surface area contributed by atoms with Crippen molar-refractivity contribution in [2.45, 2.75) is 59.2 Å². The van der Waals surface area contributed by atoms with Gasteiger partial charge in [-0.3, -0.25) is 4.79 Å². The number of ether oxygens (including phenoxy) is 2. The van der Waals surface area contributed by atoms with Crippen LogP contribution in [0, 0.1) is 6.92 Å². The van der Waals surface area contributed by atoms with Crippen molar-refractivity contribution in [1.29, 1.82) is 0 Å². The van der Waals surface area contributed by atoms with Crippen molar-refractivity contribution in [3.05, 3.63) is 21.8 Å². The number of rotatable bonds is 10. The lowest BCUT2D eigenvalue weighted by Crippen LogP contribution is -2.17. The van der Waals surface area contributed by atoms with Gasteiger partial charge in [0.15, 0.2) is 5.16 Å². The fourth-order valence-electron chi connectivity index (χ4n) is 2.90. The summed E-state index contributed by atoms with van der Waals surface area (Å²) in [4.78, 5) is 37.6. The first-order chi connectivity index (χ1) is 14.7. The molecule has 0 aliphatic carbocycles. The molecule has 0 saturated carbocycles. The topological polar surface area (TPSA) is 112 Å². The number of aromatic nitrogens is 3. The van der Waals surface area contributed by atoms with E-state index in [1.54, 1.807) is 20.8 Å². The summed E-state index contributed by atoms with van der Waals surface area (Å²) in [7, 11) is 0. The number of aryl methyl sites for hydroxylation is 1. The minimum Gasteiger partial charge on any atom is -0.462 e. The third kappa shape index (κ3) is 5.85. The third-order valence-electron chi connectivity index (χ3n) is 4.24. The molecule has 0 aromatic carbocycles. The fourth-order valence-corrected chi connectivity index (χ4v) is 4.89. The molecule has 0 atom stereocenters. The van der Waals surface area contributed by atoms with E-state index in [1.165, 1.54) is 11.8 Å². The fraction of sp³-hybridized carbons (Fsp3) is 0.550. The third-order valence-corrected chi connectivity index (χ3v) is 6.37. The Hall–Kier alpha value is -2.40. The molecule has 2 heterocycles. The molecule has 0 unspecified atom stereocenters. The lowest BCUT2D eigenvalue weighted by molar-refractivity contribution is -0.113. The predicted octanol–water partition coefficient (Wildman–Crippen LogP) is 3.88. The highest BCUT2D eigenvalue weighted by Gasteiger charge is 2.27. The quantitative estimate of drug-likeness (QED) is 0.413. The SMILES string of the molecule is CCOC(=O)c1sc(NC(=O)CSc2nnc(CC)n2C(C)C)c(C(=O)OCC)c1C. The second kappa shape index (κ2) is 11.3. The molecule has 1 amide bonds. The van der Waals surface area contributed by atoms with Crippen molar-refractivity contribution < 1.29 is 23.9 Å². The number of thiophene rings is 1. The Kier molecular flexibility index (Phi) is 9.05. The van der Waals surface area contributed by atoms with Crippen LogP contribution in [-0.2, 0) is 20.7 Å². The van der Waals surface area contributed by atoms with Crippen molar-refractivity contribution in [2.75, 3.05) is 24.3 Å². The molecule has 0 spiro atoms. The molecule has 9 nitrogen and oxygen atoms in total. The molecule has 0 aliphatic rings. The van der Waals surface area contributed by atoms with Gasteiger partial charge in [-0.1, -0.05) is 18.7 Å². The van der Waals surface area contributed by atoms with Crippen molar-refractivity contribution in [3.8, 4) is 0 Å². The molecule has 31 heavy (non-hydrogen) atoms. The lowest BCUT2D eigenvalue weighted by Gasteiger charge is -2.12. The Bertz CT molecular complexity index is 952. The normalized spacial score (nSPS) is 10.9. The van der Waals surface area contributed by atoms with Crippen LogP contribution in [0.25, 0.3) is 0 Å². The minimum atomic E-state index is -0.595. The predicted molar refractivity (Wildman–Crippen MR) is 120 cm³/mol. The van der Waals surface area contributed by atoms with E-state index in [4.69, 9.17) is 9.47 Å². The molecule has 2 rings (SSSR count). The van der Waals surface area contributed by atoms with Crippen LogP contribution >= 0.6 is 23.1 Å². The maximum atomic E-state index is 12.6. The molecule has 2 aromatic heterocycles. The van der Waals surface area contributed by atoms with Crippen LogP contribution in [-0.4, -0.2) is 51.6 Å². The van der Waals surface area contributed by atoms with Gasteiger partial charge in [0.1, 0.15) is 15.7 Å². The van der Waals surface area contributed by atoms with Crippen molar-refractivity contribution >= 4 is 45.9 Å². The molecule has 11 heteroatoms. The van der Waals surface area contributed by atoms with Crippen molar-refractivity contribution in [3.63, 3.8) is 0 Å². The van der Waals surface area contributed by atoms with E-state index in [9.17, 15) is 14.4 Å². The molecular formula is C20H28N4O5S2. The van der Waals surface area contributed by atoms with Crippen LogP contribution in [0.2, 0.25) is 0 Å². The van der Waals surface area contributed by atoms with E-state index < -0.39 is 11.9 Å². The van der Waals surface area contributed by atoms with Crippen LogP contribution in [0.15, 0.2) is 5.16 Å². The lowest BCUT2D eigenvalue weighted by atomic mass is 10.1. The van der Waals surface area contributed by atoms with Gasteiger partial charge in [0.05, 0.1) is 24.5 Å². The van der Waals surface area contributed by atoms with Gasteiger partial charge in [-0.15, -0.1) is 21.5 Å². The summed E-state index contributed by atoms with van der Waals surface area (Å²) in [5, 5.41) is 12.0.